The fourth-order valence-electron chi connectivity index (χ4n) is 3.97. The van der Waals surface area contributed by atoms with Crippen LogP contribution in [0.4, 0.5) is 0 Å². The van der Waals surface area contributed by atoms with Crippen molar-refractivity contribution in [2.75, 3.05) is 28.4 Å². The highest BCUT2D eigenvalue weighted by molar-refractivity contribution is 9.11. The van der Waals surface area contributed by atoms with Gasteiger partial charge in [0.05, 0.1) is 34.5 Å². The van der Waals surface area contributed by atoms with Crippen LogP contribution in [0.5, 0.6) is 17.2 Å². The summed E-state index contributed by atoms with van der Waals surface area (Å²) in [7, 11) is 6.23. The number of halogens is 1. The lowest BCUT2D eigenvalue weighted by Crippen LogP contribution is -2.34. The minimum absolute atomic E-state index is 0.139. The largest absolute Gasteiger partial charge is 0.498 e. The molecule has 0 aliphatic heterocycles. The molecule has 8 heteroatoms. The normalized spacial score (nSPS) is 20.6. The molecule has 0 unspecified atom stereocenters. The van der Waals surface area contributed by atoms with Crippen LogP contribution in [0.3, 0.4) is 0 Å². The summed E-state index contributed by atoms with van der Waals surface area (Å²) in [5, 5.41) is 13.7. The Labute approximate surface area is 184 Å². The van der Waals surface area contributed by atoms with Crippen LogP contribution in [0.2, 0.25) is 0 Å². The predicted octanol–water partition coefficient (Wildman–Crippen LogP) is 3.10. The maximum Gasteiger partial charge on any atom is 0.217 e. The summed E-state index contributed by atoms with van der Waals surface area (Å²) in [5.74, 6) is 1.82. The number of nitrogens with one attached hydrogen (secondary N) is 1. The molecular weight excluding hydrogens is 454 g/mol. The number of ether oxygens (including phenoxy) is 4. The number of fused-ring (bicyclic) bond motifs is 2. The van der Waals surface area contributed by atoms with Crippen molar-refractivity contribution in [3.63, 3.8) is 0 Å². The second-order valence-electron chi connectivity index (χ2n) is 7.02. The molecule has 30 heavy (non-hydrogen) atoms. The van der Waals surface area contributed by atoms with Crippen LogP contribution in [0.15, 0.2) is 34.0 Å². The van der Waals surface area contributed by atoms with Gasteiger partial charge in [0.2, 0.25) is 11.7 Å². The number of aliphatic hydroxyl groups is 1. The van der Waals surface area contributed by atoms with E-state index in [1.54, 1.807) is 27.4 Å². The van der Waals surface area contributed by atoms with Gasteiger partial charge in [0, 0.05) is 17.0 Å². The minimum Gasteiger partial charge on any atom is -0.498 e. The molecule has 0 radical (unpaired) electrons. The number of rotatable bonds is 5. The van der Waals surface area contributed by atoms with Crippen LogP contribution in [0.25, 0.3) is 5.57 Å². The molecule has 162 valence electrons. The maximum absolute atomic E-state index is 11.9. The molecule has 0 aromatic heterocycles. The lowest BCUT2D eigenvalue weighted by atomic mass is 9.93. The molecule has 2 N–H and O–H groups in total. The Bertz CT molecular complexity index is 949. The molecule has 2 aliphatic carbocycles. The van der Waals surface area contributed by atoms with Crippen molar-refractivity contribution in [2.24, 2.45) is 0 Å². The highest BCUT2D eigenvalue weighted by atomic mass is 79.9. The van der Waals surface area contributed by atoms with Crippen molar-refractivity contribution in [3.8, 4) is 17.2 Å². The van der Waals surface area contributed by atoms with Crippen molar-refractivity contribution < 1.29 is 28.8 Å². The molecule has 1 aromatic rings. The summed E-state index contributed by atoms with van der Waals surface area (Å²) in [5.41, 5.74) is 3.44. The SMILES string of the molecule is COC1=CC2=C(C=C(Br)[C@H]1O)c1c(cc(OC)c(OC)c1OC)CC[C@@H]2NC(C)=O. The zero-order valence-electron chi connectivity index (χ0n) is 17.7. The van der Waals surface area contributed by atoms with E-state index in [9.17, 15) is 9.90 Å². The van der Waals surface area contributed by atoms with Gasteiger partial charge in [-0.1, -0.05) is 15.9 Å². The van der Waals surface area contributed by atoms with E-state index in [0.717, 1.165) is 22.3 Å². The van der Waals surface area contributed by atoms with Gasteiger partial charge >= 0.3 is 0 Å². The Morgan fingerprint density at radius 3 is 2.37 bits per heavy atom. The van der Waals surface area contributed by atoms with Gasteiger partial charge in [-0.05, 0) is 47.8 Å². The predicted molar refractivity (Wildman–Crippen MR) is 117 cm³/mol. The summed E-state index contributed by atoms with van der Waals surface area (Å²) < 4.78 is 22.9. The van der Waals surface area contributed by atoms with Crippen LogP contribution >= 0.6 is 15.9 Å². The zero-order chi connectivity index (χ0) is 22.0. The van der Waals surface area contributed by atoms with Crippen LogP contribution in [0.1, 0.15) is 24.5 Å². The summed E-state index contributed by atoms with van der Waals surface area (Å²) in [6.07, 6.45) is 3.99. The highest BCUT2D eigenvalue weighted by Crippen LogP contribution is 2.49. The molecular formula is C22H26BrNO6. The lowest BCUT2D eigenvalue weighted by molar-refractivity contribution is -0.119. The van der Waals surface area contributed by atoms with E-state index in [0.29, 0.717) is 40.3 Å². The minimum atomic E-state index is -0.963. The number of carbonyl (C=O) groups excluding carboxylic acids is 1. The third-order valence-electron chi connectivity index (χ3n) is 5.29. The molecule has 2 aliphatic rings. The number of aryl methyl sites for hydroxylation is 1. The van der Waals surface area contributed by atoms with Crippen molar-refractivity contribution in [2.45, 2.75) is 31.9 Å². The molecule has 2 atom stereocenters. The quantitative estimate of drug-likeness (QED) is 0.674. The van der Waals surface area contributed by atoms with Gasteiger partial charge < -0.3 is 29.4 Å². The molecule has 0 heterocycles. The second kappa shape index (κ2) is 9.14. The molecule has 0 saturated carbocycles. The summed E-state index contributed by atoms with van der Waals surface area (Å²) in [6, 6.07) is 1.65. The fraction of sp³-hybridized carbons (Fsp3) is 0.409. The zero-order valence-corrected chi connectivity index (χ0v) is 19.3. The lowest BCUT2D eigenvalue weighted by Gasteiger charge is -2.21. The number of methoxy groups -OCH3 is 4. The highest BCUT2D eigenvalue weighted by Gasteiger charge is 2.32. The van der Waals surface area contributed by atoms with Gasteiger partial charge in [0.15, 0.2) is 11.5 Å². The Morgan fingerprint density at radius 2 is 1.80 bits per heavy atom. The maximum atomic E-state index is 11.9. The van der Waals surface area contributed by atoms with Crippen molar-refractivity contribution in [1.29, 1.82) is 0 Å². The van der Waals surface area contributed by atoms with Crippen molar-refractivity contribution in [1.82, 2.24) is 5.32 Å². The topological polar surface area (TPSA) is 86.2 Å². The molecule has 0 spiro atoms. The smallest absolute Gasteiger partial charge is 0.217 e. The first-order chi connectivity index (χ1) is 14.4. The van der Waals surface area contributed by atoms with Crippen LogP contribution < -0.4 is 19.5 Å². The standard InChI is InChI=1S/C22H26BrNO6/c1-11(25)24-16-7-6-12-8-18(28-3)21(29-4)22(30-5)19(12)14-9-15(23)20(26)17(27-2)10-13(14)16/h8-10,16,20,26H,6-7H2,1-5H3,(H,24,25)/t16-,20+/m0/s1. The van der Waals surface area contributed by atoms with Gasteiger partial charge in [0.1, 0.15) is 11.9 Å². The first-order valence-electron chi connectivity index (χ1n) is 9.50. The van der Waals surface area contributed by atoms with Gasteiger partial charge in [-0.15, -0.1) is 0 Å². The number of carbonyl (C=O) groups is 1. The third kappa shape index (κ3) is 3.94. The summed E-state index contributed by atoms with van der Waals surface area (Å²) >= 11 is 3.48. The molecule has 1 amide bonds. The Kier molecular flexibility index (Phi) is 6.77. The van der Waals surface area contributed by atoms with E-state index < -0.39 is 6.10 Å². The first kappa shape index (κ1) is 22.2. The number of benzene rings is 1. The van der Waals surface area contributed by atoms with E-state index in [2.05, 4.69) is 21.2 Å². The number of hydrogen-bond acceptors (Lipinski definition) is 6. The average Bonchev–Trinajstić information content (AvgIpc) is 2.94. The average molecular weight is 480 g/mol. The number of aliphatic hydroxyl groups excluding tert-OH is 1. The monoisotopic (exact) mass is 479 g/mol. The Morgan fingerprint density at radius 1 is 1.10 bits per heavy atom. The van der Waals surface area contributed by atoms with E-state index in [1.165, 1.54) is 14.0 Å². The van der Waals surface area contributed by atoms with Gasteiger partial charge in [0.25, 0.3) is 0 Å². The number of amides is 1. The second-order valence-corrected chi connectivity index (χ2v) is 7.94. The Balaban J connectivity index is 2.40. The first-order valence-corrected chi connectivity index (χ1v) is 10.3. The molecule has 3 rings (SSSR count). The van der Waals surface area contributed by atoms with E-state index in [1.807, 2.05) is 12.1 Å². The van der Waals surface area contributed by atoms with Crippen LogP contribution in [-0.2, 0) is 16.0 Å². The number of allylic oxidation sites excluding steroid dienone is 2. The molecule has 0 fully saturated rings. The van der Waals surface area contributed by atoms with E-state index >= 15 is 0 Å². The molecule has 1 aromatic carbocycles. The van der Waals surface area contributed by atoms with E-state index in [-0.39, 0.29) is 11.9 Å². The Hall–Kier alpha value is -2.45. The van der Waals surface area contributed by atoms with E-state index in [4.69, 9.17) is 18.9 Å². The van der Waals surface area contributed by atoms with Gasteiger partial charge in [-0.25, -0.2) is 0 Å². The molecule has 0 saturated heterocycles. The van der Waals surface area contributed by atoms with Crippen molar-refractivity contribution >= 4 is 27.4 Å². The van der Waals surface area contributed by atoms with Crippen molar-refractivity contribution in [3.05, 3.63) is 45.2 Å². The fourth-order valence-corrected chi connectivity index (χ4v) is 4.43. The summed E-state index contributed by atoms with van der Waals surface area (Å²) in [6.45, 7) is 1.49. The molecule has 0 bridgehead atoms. The van der Waals surface area contributed by atoms with Gasteiger partial charge in [-0.3, -0.25) is 4.79 Å². The molecule has 7 nitrogen and oxygen atoms in total. The third-order valence-corrected chi connectivity index (χ3v) is 5.96. The summed E-state index contributed by atoms with van der Waals surface area (Å²) in [4.78, 5) is 11.9. The van der Waals surface area contributed by atoms with Crippen LogP contribution in [-0.4, -0.2) is 51.6 Å². The van der Waals surface area contributed by atoms with Gasteiger partial charge in [-0.2, -0.15) is 0 Å². The number of hydrogen-bond donors (Lipinski definition) is 2. The van der Waals surface area contributed by atoms with Crippen LogP contribution in [0, 0.1) is 0 Å².